The molecule has 1 aliphatic rings. The maximum atomic E-state index is 11.0. The van der Waals surface area contributed by atoms with Crippen molar-refractivity contribution in [3.63, 3.8) is 0 Å². The molecule has 0 bridgehead atoms. The van der Waals surface area contributed by atoms with Gasteiger partial charge in [0.2, 0.25) is 0 Å². The van der Waals surface area contributed by atoms with Gasteiger partial charge in [0.25, 0.3) is 4.84 Å². The molecule has 0 aliphatic carbocycles. The first-order chi connectivity index (χ1) is 16.5. The SMILES string of the molecule is COc1ccc2nccc(C(O)CN3CCC(NCc4ccc5c(c4)oc(=S)n5C)CC3)c2c1. The topological polar surface area (TPSA) is 75.7 Å². The minimum atomic E-state index is -0.572. The molecule has 1 fully saturated rings. The van der Waals surface area contributed by atoms with E-state index in [1.54, 1.807) is 13.3 Å². The van der Waals surface area contributed by atoms with Gasteiger partial charge in [0.05, 0.1) is 24.2 Å². The molecule has 3 heterocycles. The lowest BCUT2D eigenvalue weighted by Gasteiger charge is -2.33. The normalized spacial score (nSPS) is 16.3. The minimum absolute atomic E-state index is 0.456. The Labute approximate surface area is 204 Å². The van der Waals surface area contributed by atoms with Gasteiger partial charge in [0.1, 0.15) is 5.75 Å². The summed E-state index contributed by atoms with van der Waals surface area (Å²) >= 11 is 5.22. The number of oxazole rings is 1. The number of aromatic nitrogens is 2. The molecular formula is C26H30N4O3S. The van der Waals surface area contributed by atoms with E-state index in [2.05, 4.69) is 33.4 Å². The van der Waals surface area contributed by atoms with Crippen LogP contribution in [0.15, 0.2) is 53.1 Å². The van der Waals surface area contributed by atoms with Crippen LogP contribution >= 0.6 is 12.2 Å². The Kier molecular flexibility index (Phi) is 6.65. The van der Waals surface area contributed by atoms with E-state index >= 15 is 0 Å². The van der Waals surface area contributed by atoms with Crippen molar-refractivity contribution in [2.45, 2.75) is 31.5 Å². The molecule has 7 nitrogen and oxygen atoms in total. The highest BCUT2D eigenvalue weighted by atomic mass is 32.1. The Hall–Kier alpha value is -2.78. The van der Waals surface area contributed by atoms with Gasteiger partial charge >= 0.3 is 0 Å². The number of ether oxygens (including phenoxy) is 1. The van der Waals surface area contributed by atoms with Crippen LogP contribution in [0.4, 0.5) is 0 Å². The van der Waals surface area contributed by atoms with Crippen molar-refractivity contribution >= 4 is 34.2 Å². The number of hydrogen-bond donors (Lipinski definition) is 2. The Morgan fingerprint density at radius 1 is 1.21 bits per heavy atom. The molecule has 0 radical (unpaired) electrons. The zero-order chi connectivity index (χ0) is 23.7. The van der Waals surface area contributed by atoms with E-state index in [4.69, 9.17) is 21.4 Å². The first-order valence-corrected chi connectivity index (χ1v) is 12.1. The van der Waals surface area contributed by atoms with Crippen molar-refractivity contribution in [3.05, 3.63) is 64.6 Å². The van der Waals surface area contributed by atoms with Crippen molar-refractivity contribution in [1.29, 1.82) is 0 Å². The number of rotatable bonds is 7. The highest BCUT2D eigenvalue weighted by molar-refractivity contribution is 7.71. The molecule has 1 aliphatic heterocycles. The second-order valence-corrected chi connectivity index (χ2v) is 9.33. The van der Waals surface area contributed by atoms with Gasteiger partial charge in [0, 0.05) is 37.8 Å². The molecule has 8 heteroatoms. The molecule has 2 aromatic heterocycles. The van der Waals surface area contributed by atoms with Crippen LogP contribution in [0.25, 0.3) is 22.0 Å². The fourth-order valence-electron chi connectivity index (χ4n) is 4.78. The largest absolute Gasteiger partial charge is 0.497 e. The second-order valence-electron chi connectivity index (χ2n) is 8.98. The third-order valence-electron chi connectivity index (χ3n) is 6.81. The number of β-amino-alcohol motifs (C(OH)–C–C–N with tert-alkyl or cyclic N) is 1. The molecule has 1 unspecified atom stereocenters. The maximum absolute atomic E-state index is 11.0. The van der Waals surface area contributed by atoms with Crippen molar-refractivity contribution in [2.75, 3.05) is 26.7 Å². The number of aliphatic hydroxyl groups is 1. The summed E-state index contributed by atoms with van der Waals surface area (Å²) < 4.78 is 12.9. The number of likely N-dealkylation sites (tertiary alicyclic amines) is 1. The monoisotopic (exact) mass is 478 g/mol. The average Bonchev–Trinajstić information content (AvgIpc) is 3.15. The van der Waals surface area contributed by atoms with E-state index < -0.39 is 6.10 Å². The molecule has 4 aromatic rings. The summed E-state index contributed by atoms with van der Waals surface area (Å²) in [5.74, 6) is 0.769. The van der Waals surface area contributed by atoms with Gasteiger partial charge < -0.3 is 29.0 Å². The standard InChI is InChI=1S/C26H30N4O3S/c1-29-23-6-3-17(13-25(23)33-26(29)34)15-28-18-8-11-30(12-9-18)16-24(31)20-7-10-27-22-5-4-19(32-2)14-21(20)22/h3-7,10,13-14,18,24,28,31H,8-9,11-12,15-16H2,1-2H3. The van der Waals surface area contributed by atoms with E-state index in [1.165, 1.54) is 5.56 Å². The van der Waals surface area contributed by atoms with Crippen LogP contribution in [0.5, 0.6) is 5.75 Å². The number of hydrogen-bond acceptors (Lipinski definition) is 7. The van der Waals surface area contributed by atoms with Gasteiger partial charge in [-0.15, -0.1) is 0 Å². The average molecular weight is 479 g/mol. The number of piperidine rings is 1. The quantitative estimate of drug-likeness (QED) is 0.383. The van der Waals surface area contributed by atoms with Crippen molar-refractivity contribution < 1.29 is 14.3 Å². The Morgan fingerprint density at radius 3 is 2.82 bits per heavy atom. The first kappa shape index (κ1) is 23.0. The summed E-state index contributed by atoms with van der Waals surface area (Å²) in [6, 6.07) is 14.4. The van der Waals surface area contributed by atoms with Gasteiger partial charge in [-0.1, -0.05) is 6.07 Å². The van der Waals surface area contributed by atoms with E-state index in [-0.39, 0.29) is 0 Å². The van der Waals surface area contributed by atoms with Crippen LogP contribution in [0, 0.1) is 4.84 Å². The summed E-state index contributed by atoms with van der Waals surface area (Å²) in [7, 11) is 3.57. The maximum Gasteiger partial charge on any atom is 0.269 e. The number of aliphatic hydroxyl groups excluding tert-OH is 1. The highest BCUT2D eigenvalue weighted by Crippen LogP contribution is 2.28. The molecule has 5 rings (SSSR count). The number of fused-ring (bicyclic) bond motifs is 2. The molecule has 0 amide bonds. The summed E-state index contributed by atoms with van der Waals surface area (Å²) in [6.07, 6.45) is 3.29. The number of nitrogens with one attached hydrogen (secondary N) is 1. The lowest BCUT2D eigenvalue weighted by molar-refractivity contribution is 0.0949. The van der Waals surface area contributed by atoms with Gasteiger partial charge in [0.15, 0.2) is 5.58 Å². The zero-order valence-electron chi connectivity index (χ0n) is 19.5. The first-order valence-electron chi connectivity index (χ1n) is 11.7. The molecule has 2 N–H and O–H groups in total. The Bertz CT molecular complexity index is 1360. The molecule has 0 saturated carbocycles. The fourth-order valence-corrected chi connectivity index (χ4v) is 4.97. The van der Waals surface area contributed by atoms with Gasteiger partial charge in [-0.3, -0.25) is 4.98 Å². The van der Waals surface area contributed by atoms with Crippen LogP contribution in [0.1, 0.15) is 30.1 Å². The number of benzene rings is 2. The molecule has 1 atom stereocenters. The van der Waals surface area contributed by atoms with Gasteiger partial charge in [-0.2, -0.15) is 0 Å². The van der Waals surface area contributed by atoms with Crippen LogP contribution < -0.4 is 10.1 Å². The molecule has 2 aromatic carbocycles. The van der Waals surface area contributed by atoms with Gasteiger partial charge in [-0.05, 0) is 85.7 Å². The summed E-state index contributed by atoms with van der Waals surface area (Å²) in [5.41, 5.74) is 4.80. The molecule has 0 spiro atoms. The fraction of sp³-hybridized carbons (Fsp3) is 0.385. The second kappa shape index (κ2) is 9.84. The summed E-state index contributed by atoms with van der Waals surface area (Å²) in [4.78, 5) is 7.26. The zero-order valence-corrected chi connectivity index (χ0v) is 20.3. The lowest BCUT2D eigenvalue weighted by atomic mass is 10.0. The summed E-state index contributed by atoms with van der Waals surface area (Å²) in [5, 5.41) is 15.6. The Balaban J connectivity index is 1.16. The minimum Gasteiger partial charge on any atom is -0.497 e. The predicted octanol–water partition coefficient (Wildman–Crippen LogP) is 4.35. The number of pyridine rings is 1. The number of nitrogens with zero attached hydrogens (tertiary/aromatic N) is 3. The van der Waals surface area contributed by atoms with E-state index in [0.29, 0.717) is 17.4 Å². The van der Waals surface area contributed by atoms with E-state index in [1.807, 2.05) is 35.9 Å². The molecular weight excluding hydrogens is 448 g/mol. The van der Waals surface area contributed by atoms with Crippen LogP contribution in [-0.4, -0.2) is 52.3 Å². The molecule has 178 valence electrons. The van der Waals surface area contributed by atoms with Crippen molar-refractivity contribution in [1.82, 2.24) is 19.8 Å². The van der Waals surface area contributed by atoms with Gasteiger partial charge in [-0.25, -0.2) is 0 Å². The third kappa shape index (κ3) is 4.72. The number of aryl methyl sites for hydroxylation is 1. The van der Waals surface area contributed by atoms with Crippen molar-refractivity contribution in [2.24, 2.45) is 7.05 Å². The number of methoxy groups -OCH3 is 1. The van der Waals surface area contributed by atoms with Crippen LogP contribution in [-0.2, 0) is 13.6 Å². The molecule has 1 saturated heterocycles. The molecule has 34 heavy (non-hydrogen) atoms. The van der Waals surface area contributed by atoms with Crippen LogP contribution in [0.2, 0.25) is 0 Å². The van der Waals surface area contributed by atoms with Crippen molar-refractivity contribution in [3.8, 4) is 5.75 Å². The summed E-state index contributed by atoms with van der Waals surface area (Å²) in [6.45, 7) is 3.31. The lowest BCUT2D eigenvalue weighted by Crippen LogP contribution is -2.43. The third-order valence-corrected chi connectivity index (χ3v) is 7.17. The predicted molar refractivity (Wildman–Crippen MR) is 136 cm³/mol. The van der Waals surface area contributed by atoms with Crippen LogP contribution in [0.3, 0.4) is 0 Å². The smallest absolute Gasteiger partial charge is 0.269 e. The van der Waals surface area contributed by atoms with E-state index in [9.17, 15) is 5.11 Å². The van der Waals surface area contributed by atoms with E-state index in [0.717, 1.165) is 65.8 Å². The Morgan fingerprint density at radius 2 is 2.03 bits per heavy atom. The highest BCUT2D eigenvalue weighted by Gasteiger charge is 2.22.